The number of fused-ring (bicyclic) bond motifs is 1. The molecule has 1 aromatic carbocycles. The number of carbonyl (C=O) groups is 1. The zero-order valence-corrected chi connectivity index (χ0v) is 14.9. The second-order valence-electron chi connectivity index (χ2n) is 6.37. The second-order valence-corrected chi connectivity index (χ2v) is 6.37. The van der Waals surface area contributed by atoms with Gasteiger partial charge in [-0.25, -0.2) is 4.52 Å². The van der Waals surface area contributed by atoms with E-state index in [0.29, 0.717) is 17.3 Å². The minimum atomic E-state index is -0.460. The molecule has 0 fully saturated rings. The molecule has 0 aliphatic heterocycles. The molecule has 3 heterocycles. The lowest BCUT2D eigenvalue weighted by molar-refractivity contribution is -0.118. The van der Waals surface area contributed by atoms with Gasteiger partial charge in [0.05, 0.1) is 6.20 Å². The van der Waals surface area contributed by atoms with Crippen molar-refractivity contribution in [2.45, 2.75) is 20.4 Å². The van der Waals surface area contributed by atoms with Crippen molar-refractivity contribution in [3.63, 3.8) is 0 Å². The van der Waals surface area contributed by atoms with Crippen LogP contribution in [-0.4, -0.2) is 35.3 Å². The molecule has 0 unspecified atom stereocenters. The van der Waals surface area contributed by atoms with Crippen LogP contribution in [0.25, 0.3) is 16.9 Å². The fourth-order valence-corrected chi connectivity index (χ4v) is 2.98. The summed E-state index contributed by atoms with van der Waals surface area (Å²) in [6, 6.07) is 6.17. The van der Waals surface area contributed by atoms with E-state index in [9.17, 15) is 4.79 Å². The number of nitrogens with zero attached hydrogens (tertiary/aromatic N) is 6. The zero-order chi connectivity index (χ0) is 19.0. The maximum absolute atomic E-state index is 11.1. The number of aromatic nitrogens is 6. The van der Waals surface area contributed by atoms with Crippen molar-refractivity contribution in [2.24, 2.45) is 5.73 Å². The minimum Gasteiger partial charge on any atom is -0.368 e. The third-order valence-electron chi connectivity index (χ3n) is 3.96. The Bertz CT molecular complexity index is 1120. The number of hydrogen-bond donors (Lipinski definition) is 2. The Morgan fingerprint density at radius 3 is 2.74 bits per heavy atom. The number of hydrogen-bond acceptors (Lipinski definition) is 6. The summed E-state index contributed by atoms with van der Waals surface area (Å²) < 4.78 is 3.12. The van der Waals surface area contributed by atoms with Crippen LogP contribution in [0.1, 0.15) is 11.1 Å². The van der Waals surface area contributed by atoms with E-state index in [1.165, 1.54) is 4.68 Å². The van der Waals surface area contributed by atoms with Crippen molar-refractivity contribution in [1.82, 2.24) is 29.4 Å². The molecule has 0 spiro atoms. The second kappa shape index (κ2) is 6.52. The Kier molecular flexibility index (Phi) is 4.03. The molecular weight excluding hydrogens is 344 g/mol. The van der Waals surface area contributed by atoms with Gasteiger partial charge in [-0.2, -0.15) is 10.1 Å². The summed E-state index contributed by atoms with van der Waals surface area (Å²) in [5, 5.41) is 11.8. The maximum atomic E-state index is 11.1. The van der Waals surface area contributed by atoms with E-state index < -0.39 is 5.91 Å². The van der Waals surface area contributed by atoms with E-state index in [4.69, 9.17) is 5.73 Å². The average Bonchev–Trinajstić information content (AvgIpc) is 3.19. The molecule has 9 nitrogen and oxygen atoms in total. The Hall–Kier alpha value is -3.75. The fourth-order valence-electron chi connectivity index (χ4n) is 2.98. The molecule has 4 aromatic rings. The predicted molar refractivity (Wildman–Crippen MR) is 100 cm³/mol. The van der Waals surface area contributed by atoms with Crippen molar-refractivity contribution in [2.75, 3.05) is 5.32 Å². The van der Waals surface area contributed by atoms with Crippen LogP contribution in [0, 0.1) is 13.8 Å². The first-order chi connectivity index (χ1) is 13.0. The number of primary amides is 1. The summed E-state index contributed by atoms with van der Waals surface area (Å²) >= 11 is 0. The van der Waals surface area contributed by atoms with E-state index in [1.54, 1.807) is 29.3 Å². The van der Waals surface area contributed by atoms with Crippen LogP contribution in [-0.2, 0) is 11.3 Å². The largest absolute Gasteiger partial charge is 0.368 e. The Morgan fingerprint density at radius 2 is 2.00 bits per heavy atom. The van der Waals surface area contributed by atoms with E-state index in [0.717, 1.165) is 22.4 Å². The number of nitrogens with one attached hydrogen (secondary N) is 1. The van der Waals surface area contributed by atoms with Crippen molar-refractivity contribution in [3.05, 3.63) is 54.1 Å². The van der Waals surface area contributed by atoms with Gasteiger partial charge in [0.2, 0.25) is 11.9 Å². The van der Waals surface area contributed by atoms with Crippen LogP contribution in [0.3, 0.4) is 0 Å². The molecule has 0 aliphatic carbocycles. The third-order valence-corrected chi connectivity index (χ3v) is 3.96. The molecule has 0 saturated carbocycles. The number of carbonyl (C=O) groups excluding carboxylic acids is 1. The topological polar surface area (TPSA) is 116 Å². The monoisotopic (exact) mass is 362 g/mol. The quantitative estimate of drug-likeness (QED) is 0.559. The van der Waals surface area contributed by atoms with E-state index in [2.05, 4.69) is 31.5 Å². The van der Waals surface area contributed by atoms with E-state index in [1.807, 2.05) is 26.0 Å². The molecule has 3 aromatic heterocycles. The lowest BCUT2D eigenvalue weighted by Gasteiger charge is -2.04. The van der Waals surface area contributed by atoms with Crippen molar-refractivity contribution < 1.29 is 4.79 Å². The third kappa shape index (κ3) is 3.47. The molecule has 0 radical (unpaired) electrons. The molecule has 0 atom stereocenters. The number of benzene rings is 1. The van der Waals surface area contributed by atoms with Gasteiger partial charge in [-0.3, -0.25) is 14.5 Å². The van der Waals surface area contributed by atoms with Gasteiger partial charge in [-0.15, -0.1) is 5.10 Å². The molecule has 3 N–H and O–H groups in total. The van der Waals surface area contributed by atoms with Crippen LogP contribution in [0.4, 0.5) is 11.6 Å². The van der Waals surface area contributed by atoms with Crippen LogP contribution in [0.5, 0.6) is 0 Å². The standard InChI is InChI=1S/C18H18N8O/c1-11-5-12(2)7-14(6-11)22-18-23-17-16(20-3-4-26(17)24-18)13-8-21-25(9-13)10-15(19)27/h3-9H,10H2,1-2H3,(H2,19,27)(H,22,24). The first kappa shape index (κ1) is 16.7. The zero-order valence-electron chi connectivity index (χ0n) is 14.9. The molecule has 136 valence electrons. The Balaban J connectivity index is 1.69. The van der Waals surface area contributed by atoms with Crippen LogP contribution < -0.4 is 11.1 Å². The SMILES string of the molecule is Cc1cc(C)cc(Nc2nc3c(-c4cnn(CC(N)=O)c4)nccn3n2)c1. The molecule has 0 bridgehead atoms. The van der Waals surface area contributed by atoms with Gasteiger partial charge >= 0.3 is 0 Å². The number of rotatable bonds is 5. The molecule has 9 heteroatoms. The van der Waals surface area contributed by atoms with Gasteiger partial charge in [0.15, 0.2) is 5.65 Å². The molecule has 0 saturated heterocycles. The van der Waals surface area contributed by atoms with Gasteiger partial charge in [-0.05, 0) is 37.1 Å². The number of amides is 1. The average molecular weight is 362 g/mol. The van der Waals surface area contributed by atoms with Crippen LogP contribution in [0.2, 0.25) is 0 Å². The highest BCUT2D eigenvalue weighted by molar-refractivity contribution is 5.75. The fraction of sp³-hybridized carbons (Fsp3) is 0.167. The van der Waals surface area contributed by atoms with E-state index >= 15 is 0 Å². The lowest BCUT2D eigenvalue weighted by Crippen LogP contribution is -2.18. The number of anilines is 2. The maximum Gasteiger partial charge on any atom is 0.247 e. The highest BCUT2D eigenvalue weighted by Gasteiger charge is 2.13. The van der Waals surface area contributed by atoms with Gasteiger partial charge in [0, 0.05) is 29.8 Å². The lowest BCUT2D eigenvalue weighted by atomic mass is 10.1. The molecule has 0 aliphatic rings. The summed E-state index contributed by atoms with van der Waals surface area (Å²) in [6.07, 6.45) is 6.70. The number of aryl methyl sites for hydroxylation is 2. The van der Waals surface area contributed by atoms with Gasteiger partial charge < -0.3 is 11.1 Å². The molecule has 1 amide bonds. The smallest absolute Gasteiger partial charge is 0.247 e. The molecule has 4 rings (SSSR count). The molecule has 27 heavy (non-hydrogen) atoms. The van der Waals surface area contributed by atoms with Gasteiger partial charge in [0.25, 0.3) is 0 Å². The minimum absolute atomic E-state index is 0.00925. The first-order valence-corrected chi connectivity index (χ1v) is 8.36. The van der Waals surface area contributed by atoms with Gasteiger partial charge in [0.1, 0.15) is 12.2 Å². The first-order valence-electron chi connectivity index (χ1n) is 8.36. The predicted octanol–water partition coefficient (Wildman–Crippen LogP) is 1.83. The van der Waals surface area contributed by atoms with E-state index in [-0.39, 0.29) is 6.54 Å². The van der Waals surface area contributed by atoms with Crippen molar-refractivity contribution in [3.8, 4) is 11.3 Å². The van der Waals surface area contributed by atoms with Crippen molar-refractivity contribution >= 4 is 23.2 Å². The summed E-state index contributed by atoms with van der Waals surface area (Å²) in [6.45, 7) is 4.09. The number of nitrogens with two attached hydrogens (primary N) is 1. The summed E-state index contributed by atoms with van der Waals surface area (Å²) in [4.78, 5) is 20.0. The van der Waals surface area contributed by atoms with Crippen LogP contribution >= 0.6 is 0 Å². The summed E-state index contributed by atoms with van der Waals surface area (Å²) in [5.74, 6) is 0.0111. The summed E-state index contributed by atoms with van der Waals surface area (Å²) in [7, 11) is 0. The normalized spacial score (nSPS) is 11.0. The van der Waals surface area contributed by atoms with Gasteiger partial charge in [-0.1, -0.05) is 6.07 Å². The highest BCUT2D eigenvalue weighted by atomic mass is 16.1. The van der Waals surface area contributed by atoms with Crippen molar-refractivity contribution in [1.29, 1.82) is 0 Å². The highest BCUT2D eigenvalue weighted by Crippen LogP contribution is 2.23. The van der Waals surface area contributed by atoms with Crippen LogP contribution in [0.15, 0.2) is 43.0 Å². The Morgan fingerprint density at radius 1 is 1.22 bits per heavy atom. The Labute approximate surface area is 154 Å². The summed E-state index contributed by atoms with van der Waals surface area (Å²) in [5.41, 5.74) is 10.4. The molecular formula is C18H18N8O.